The smallest absolute Gasteiger partial charge is 0.306 e. The highest BCUT2D eigenvalue weighted by atomic mass is 31.2. The van der Waals surface area contributed by atoms with Gasteiger partial charge in [0.05, 0.1) is 34.4 Å². The third kappa shape index (κ3) is 37.7. The Kier molecular flexibility index (Phi) is 33.5. The number of phosphoric acid groups is 1. The fourth-order valence-electron chi connectivity index (χ4n) is 5.06. The number of hydrogen-bond acceptors (Lipinski definition) is 7. The van der Waals surface area contributed by atoms with Gasteiger partial charge in [0.1, 0.15) is 19.3 Å². The first-order chi connectivity index (χ1) is 24.1. The van der Waals surface area contributed by atoms with Crippen LogP contribution < -0.4 is 4.89 Å². The Labute approximate surface area is 308 Å². The molecule has 0 bridgehead atoms. The monoisotopic (exact) mass is 726 g/mol. The minimum atomic E-state index is -4.52. The van der Waals surface area contributed by atoms with E-state index < -0.39 is 13.9 Å². The summed E-state index contributed by atoms with van der Waals surface area (Å²) in [7, 11) is 1.33. The SMILES string of the molecule is CC/C=C\C/C=C\C/C=C\C/C=C\CCCCCCC(=O)OC(COCCCCCCCCCCCCC)COP(=O)([O-])OCC[N+](C)(C)C. The molecule has 0 fully saturated rings. The zero-order valence-corrected chi connectivity index (χ0v) is 33.7. The zero-order chi connectivity index (χ0) is 37.0. The van der Waals surface area contributed by atoms with E-state index in [2.05, 4.69) is 62.5 Å². The molecule has 0 rings (SSSR count). The van der Waals surface area contributed by atoms with Crippen LogP contribution in [0.4, 0.5) is 0 Å². The average molecular weight is 726 g/mol. The largest absolute Gasteiger partial charge is 0.756 e. The number of hydrogen-bond donors (Lipinski definition) is 0. The number of likely N-dealkylation sites (N-methyl/N-ethyl adjacent to an activating group) is 1. The highest BCUT2D eigenvalue weighted by Gasteiger charge is 2.20. The molecule has 9 heteroatoms. The molecule has 0 aromatic rings. The van der Waals surface area contributed by atoms with Gasteiger partial charge in [-0.1, -0.05) is 140 Å². The van der Waals surface area contributed by atoms with Gasteiger partial charge in [0.15, 0.2) is 0 Å². The third-order valence-corrected chi connectivity index (χ3v) is 9.11. The van der Waals surface area contributed by atoms with Crippen LogP contribution in [0.3, 0.4) is 0 Å². The molecule has 0 heterocycles. The van der Waals surface area contributed by atoms with Crippen molar-refractivity contribution >= 4 is 13.8 Å². The van der Waals surface area contributed by atoms with E-state index in [-0.39, 0.29) is 32.2 Å². The molecule has 0 saturated heterocycles. The van der Waals surface area contributed by atoms with E-state index in [0.29, 0.717) is 17.6 Å². The standard InChI is InChI=1S/C41H76NO7P/c1-6-8-10-12-14-16-18-19-20-21-22-23-24-26-28-30-32-34-41(43)49-40(39-48-50(44,45)47-37-35-42(3,4)5)38-46-36-33-31-29-27-25-17-15-13-11-9-7-2/h8,10,14,16,19-20,22-23,40H,6-7,9,11-13,15,17-18,21,24-39H2,1-5H3/b10-8-,16-14-,20-19-,23-22-. The summed E-state index contributed by atoms with van der Waals surface area (Å²) < 4.78 is 34.4. The minimum Gasteiger partial charge on any atom is -0.756 e. The van der Waals surface area contributed by atoms with Crippen molar-refractivity contribution in [2.75, 3.05) is 54.1 Å². The molecule has 0 N–H and O–H groups in total. The Hall–Kier alpha value is -1.54. The third-order valence-electron chi connectivity index (χ3n) is 8.14. The number of carbonyl (C=O) groups is 1. The molecule has 0 aromatic heterocycles. The lowest BCUT2D eigenvalue weighted by molar-refractivity contribution is -0.870. The molecule has 292 valence electrons. The normalized spacial score (nSPS) is 14.4. The summed E-state index contributed by atoms with van der Waals surface area (Å²) in [5, 5.41) is 0. The Balaban J connectivity index is 4.33. The number of ether oxygens (including phenoxy) is 2. The Morgan fingerprint density at radius 1 is 0.640 bits per heavy atom. The summed E-state index contributed by atoms with van der Waals surface area (Å²) in [6.45, 7) is 5.25. The predicted molar refractivity (Wildman–Crippen MR) is 208 cm³/mol. The van der Waals surface area contributed by atoms with E-state index in [9.17, 15) is 14.3 Å². The van der Waals surface area contributed by atoms with E-state index >= 15 is 0 Å². The first-order valence-electron chi connectivity index (χ1n) is 19.9. The summed E-state index contributed by atoms with van der Waals surface area (Å²) >= 11 is 0. The lowest BCUT2D eigenvalue weighted by atomic mass is 10.1. The van der Waals surface area contributed by atoms with Gasteiger partial charge in [0.25, 0.3) is 7.82 Å². The number of quaternary nitrogens is 1. The molecule has 0 amide bonds. The van der Waals surface area contributed by atoms with E-state index in [0.717, 1.165) is 70.6 Å². The van der Waals surface area contributed by atoms with Crippen LogP contribution in [0.25, 0.3) is 0 Å². The molecule has 0 aromatic carbocycles. The molecule has 2 unspecified atom stereocenters. The number of rotatable bonds is 36. The fraction of sp³-hybridized carbons (Fsp3) is 0.780. The van der Waals surface area contributed by atoms with Crippen molar-refractivity contribution in [3.05, 3.63) is 48.6 Å². The molecular weight excluding hydrogens is 649 g/mol. The van der Waals surface area contributed by atoms with Crippen molar-refractivity contribution in [2.45, 2.75) is 155 Å². The number of unbranched alkanes of at least 4 members (excludes halogenated alkanes) is 14. The van der Waals surface area contributed by atoms with Crippen LogP contribution in [-0.2, 0) is 27.9 Å². The second-order valence-electron chi connectivity index (χ2n) is 14.3. The van der Waals surface area contributed by atoms with Crippen LogP contribution in [0.5, 0.6) is 0 Å². The molecule has 50 heavy (non-hydrogen) atoms. The Morgan fingerprint density at radius 3 is 1.74 bits per heavy atom. The molecule has 8 nitrogen and oxygen atoms in total. The maximum Gasteiger partial charge on any atom is 0.306 e. The lowest BCUT2D eigenvalue weighted by Crippen LogP contribution is -2.37. The summed E-state index contributed by atoms with van der Waals surface area (Å²) in [6.07, 6.45) is 39.7. The molecule has 0 aliphatic heterocycles. The molecule has 0 aliphatic rings. The Morgan fingerprint density at radius 2 is 1.16 bits per heavy atom. The quantitative estimate of drug-likeness (QED) is 0.0209. The fourth-order valence-corrected chi connectivity index (χ4v) is 5.79. The van der Waals surface area contributed by atoms with Crippen LogP contribution in [0, 0.1) is 0 Å². The van der Waals surface area contributed by atoms with E-state index in [1.54, 1.807) is 0 Å². The van der Waals surface area contributed by atoms with Crippen molar-refractivity contribution in [2.24, 2.45) is 0 Å². The van der Waals surface area contributed by atoms with Crippen LogP contribution in [0.2, 0.25) is 0 Å². The zero-order valence-electron chi connectivity index (χ0n) is 32.8. The van der Waals surface area contributed by atoms with Gasteiger partial charge in [-0.15, -0.1) is 0 Å². The van der Waals surface area contributed by atoms with Crippen LogP contribution in [0.1, 0.15) is 149 Å². The maximum absolute atomic E-state index is 12.6. The molecule has 0 spiro atoms. The first kappa shape index (κ1) is 48.5. The summed E-state index contributed by atoms with van der Waals surface area (Å²) in [5.74, 6) is -0.359. The number of phosphoric ester groups is 1. The van der Waals surface area contributed by atoms with Crippen molar-refractivity contribution in [1.82, 2.24) is 0 Å². The predicted octanol–water partition coefficient (Wildman–Crippen LogP) is 10.6. The number of nitrogens with zero attached hydrogens (tertiary/aromatic N) is 1. The first-order valence-corrected chi connectivity index (χ1v) is 21.3. The van der Waals surface area contributed by atoms with Gasteiger partial charge < -0.3 is 27.9 Å². The molecule has 0 radical (unpaired) electrons. The maximum atomic E-state index is 12.6. The van der Waals surface area contributed by atoms with E-state index in [4.69, 9.17) is 18.5 Å². The van der Waals surface area contributed by atoms with Gasteiger partial charge in [-0.25, -0.2) is 0 Å². The number of carbonyl (C=O) groups excluding carboxylic acids is 1. The van der Waals surface area contributed by atoms with Gasteiger partial charge in [0.2, 0.25) is 0 Å². The summed E-state index contributed by atoms with van der Waals surface area (Å²) in [4.78, 5) is 24.9. The van der Waals surface area contributed by atoms with Gasteiger partial charge in [-0.2, -0.15) is 0 Å². The second-order valence-corrected chi connectivity index (χ2v) is 15.7. The lowest BCUT2D eigenvalue weighted by Gasteiger charge is -2.28. The number of allylic oxidation sites excluding steroid dienone is 8. The second kappa shape index (κ2) is 34.5. The minimum absolute atomic E-state index is 0.0202. The molecule has 0 saturated carbocycles. The van der Waals surface area contributed by atoms with E-state index in [1.807, 2.05) is 21.1 Å². The molecule has 2 atom stereocenters. The highest BCUT2D eigenvalue weighted by molar-refractivity contribution is 7.45. The van der Waals surface area contributed by atoms with Gasteiger partial charge in [-0.05, 0) is 51.4 Å². The van der Waals surface area contributed by atoms with Crippen LogP contribution in [-0.4, -0.2) is 70.7 Å². The van der Waals surface area contributed by atoms with Crippen molar-refractivity contribution in [1.29, 1.82) is 0 Å². The van der Waals surface area contributed by atoms with Crippen LogP contribution >= 0.6 is 7.82 Å². The number of esters is 1. The van der Waals surface area contributed by atoms with E-state index in [1.165, 1.54) is 57.8 Å². The van der Waals surface area contributed by atoms with Crippen molar-refractivity contribution < 1.29 is 37.3 Å². The van der Waals surface area contributed by atoms with Gasteiger partial charge in [0, 0.05) is 13.0 Å². The van der Waals surface area contributed by atoms with Gasteiger partial charge >= 0.3 is 5.97 Å². The van der Waals surface area contributed by atoms with Crippen molar-refractivity contribution in [3.8, 4) is 0 Å². The molecular formula is C41H76NO7P. The van der Waals surface area contributed by atoms with Gasteiger partial charge in [-0.3, -0.25) is 9.36 Å². The average Bonchev–Trinajstić information content (AvgIpc) is 3.06. The molecule has 0 aliphatic carbocycles. The Bertz CT molecular complexity index is 942. The highest BCUT2D eigenvalue weighted by Crippen LogP contribution is 2.38. The summed E-state index contributed by atoms with van der Waals surface area (Å²) in [5.41, 5.74) is 0. The van der Waals surface area contributed by atoms with Crippen LogP contribution in [0.15, 0.2) is 48.6 Å². The summed E-state index contributed by atoms with van der Waals surface area (Å²) in [6, 6.07) is 0. The topological polar surface area (TPSA) is 94.1 Å². The van der Waals surface area contributed by atoms with Crippen molar-refractivity contribution in [3.63, 3.8) is 0 Å².